The van der Waals surface area contributed by atoms with Crippen LogP contribution >= 0.6 is 0 Å². The summed E-state index contributed by atoms with van der Waals surface area (Å²) in [5.74, 6) is -1.77. The van der Waals surface area contributed by atoms with Gasteiger partial charge in [-0.05, 0) is 24.6 Å². The van der Waals surface area contributed by atoms with Gasteiger partial charge in [0.2, 0.25) is 5.91 Å². The summed E-state index contributed by atoms with van der Waals surface area (Å²) in [5, 5.41) is 12.3. The summed E-state index contributed by atoms with van der Waals surface area (Å²) in [6.07, 6.45) is 1.51. The number of aromatic nitrogens is 3. The number of alkyl halides is 3. The number of pyridine rings is 2. The summed E-state index contributed by atoms with van der Waals surface area (Å²) in [5.41, 5.74) is -0.188. The van der Waals surface area contributed by atoms with Crippen molar-refractivity contribution in [3.63, 3.8) is 0 Å². The van der Waals surface area contributed by atoms with Crippen LogP contribution in [0.1, 0.15) is 40.0 Å². The monoisotopic (exact) mass is 500 g/mol. The number of aliphatic hydroxyl groups excluding tert-OH is 1. The molecule has 36 heavy (non-hydrogen) atoms. The third kappa shape index (κ3) is 5.10. The smallest absolute Gasteiger partial charge is 0.394 e. The number of carbonyl (C=O) groups excluding carboxylic acids is 2. The first-order valence-corrected chi connectivity index (χ1v) is 10.8. The molecule has 0 aliphatic carbocycles. The van der Waals surface area contributed by atoms with Gasteiger partial charge in [-0.3, -0.25) is 19.6 Å². The Morgan fingerprint density at radius 1 is 1.11 bits per heavy atom. The van der Waals surface area contributed by atoms with Crippen molar-refractivity contribution in [2.45, 2.75) is 25.6 Å². The minimum absolute atomic E-state index is 0.0897. The first-order valence-electron chi connectivity index (χ1n) is 10.8. The van der Waals surface area contributed by atoms with Gasteiger partial charge >= 0.3 is 6.18 Å². The number of nitrogens with one attached hydrogen (secondary N) is 1. The standard InChI is InChI=1S/C25H20F4N4O3/c1-14(13-34)33-12-20(19-10-31-11-21(26)23(19)33)24(36)16-7-18(9-30-8-16)32-22(35)6-15-3-2-4-17(5-15)25(27,28)29/h2-5,7-12,14,34H,6,13H2,1H3,(H,32,35). The minimum atomic E-state index is -4.53. The zero-order chi connectivity index (χ0) is 26.0. The second kappa shape index (κ2) is 9.86. The topological polar surface area (TPSA) is 97.1 Å². The van der Waals surface area contributed by atoms with Gasteiger partial charge in [-0.15, -0.1) is 0 Å². The van der Waals surface area contributed by atoms with Crippen molar-refractivity contribution >= 4 is 28.3 Å². The molecule has 1 atom stereocenters. The van der Waals surface area contributed by atoms with E-state index in [1.807, 2.05) is 0 Å². The lowest BCUT2D eigenvalue weighted by Crippen LogP contribution is -2.16. The van der Waals surface area contributed by atoms with Crippen LogP contribution in [0.4, 0.5) is 23.2 Å². The molecule has 1 aromatic carbocycles. The lowest BCUT2D eigenvalue weighted by Gasteiger charge is -2.11. The van der Waals surface area contributed by atoms with E-state index in [9.17, 15) is 32.3 Å². The van der Waals surface area contributed by atoms with E-state index in [1.165, 1.54) is 47.6 Å². The van der Waals surface area contributed by atoms with Crippen LogP contribution in [0.25, 0.3) is 10.9 Å². The Balaban J connectivity index is 1.58. The number of ketones is 1. The van der Waals surface area contributed by atoms with Crippen LogP contribution in [-0.4, -0.2) is 37.9 Å². The first kappa shape index (κ1) is 25.0. The molecule has 0 aliphatic rings. The van der Waals surface area contributed by atoms with E-state index in [0.29, 0.717) is 0 Å². The van der Waals surface area contributed by atoms with Crippen molar-refractivity contribution in [1.82, 2.24) is 14.5 Å². The van der Waals surface area contributed by atoms with Crippen molar-refractivity contribution in [3.05, 3.63) is 89.4 Å². The first-order chi connectivity index (χ1) is 17.1. The molecular formula is C25H20F4N4O3. The fourth-order valence-corrected chi connectivity index (χ4v) is 3.81. The number of halogens is 4. The summed E-state index contributed by atoms with van der Waals surface area (Å²) in [6, 6.07) is 5.30. The third-order valence-corrected chi connectivity index (χ3v) is 5.58. The number of amides is 1. The van der Waals surface area contributed by atoms with Crippen LogP contribution in [0.5, 0.6) is 0 Å². The molecule has 0 bridgehead atoms. The lowest BCUT2D eigenvalue weighted by atomic mass is 10.0. The van der Waals surface area contributed by atoms with E-state index in [1.54, 1.807) is 6.92 Å². The fraction of sp³-hybridized carbons (Fsp3) is 0.200. The van der Waals surface area contributed by atoms with Crippen molar-refractivity contribution < 1.29 is 32.3 Å². The van der Waals surface area contributed by atoms with E-state index in [-0.39, 0.29) is 46.3 Å². The number of aliphatic hydroxyl groups is 1. The van der Waals surface area contributed by atoms with Crippen molar-refractivity contribution in [1.29, 1.82) is 0 Å². The van der Waals surface area contributed by atoms with E-state index in [0.717, 1.165) is 18.3 Å². The normalized spacial score (nSPS) is 12.5. The molecule has 0 spiro atoms. The van der Waals surface area contributed by atoms with Gasteiger partial charge in [0.1, 0.15) is 0 Å². The Bertz CT molecular complexity index is 1450. The number of hydrogen-bond donors (Lipinski definition) is 2. The maximum absolute atomic E-state index is 14.5. The van der Waals surface area contributed by atoms with Crippen LogP contribution in [0, 0.1) is 5.82 Å². The van der Waals surface area contributed by atoms with Crippen LogP contribution < -0.4 is 5.32 Å². The Labute approximate surface area is 202 Å². The molecule has 11 heteroatoms. The summed E-state index contributed by atoms with van der Waals surface area (Å²) in [7, 11) is 0. The van der Waals surface area contributed by atoms with Crippen LogP contribution in [0.3, 0.4) is 0 Å². The number of nitrogens with zero attached hydrogens (tertiary/aromatic N) is 3. The van der Waals surface area contributed by atoms with Gasteiger partial charge in [0, 0.05) is 35.1 Å². The van der Waals surface area contributed by atoms with E-state index in [4.69, 9.17) is 0 Å². The summed E-state index contributed by atoms with van der Waals surface area (Å²) in [6.45, 7) is 1.38. The Morgan fingerprint density at radius 3 is 2.58 bits per heavy atom. The molecular weight excluding hydrogens is 480 g/mol. The maximum Gasteiger partial charge on any atom is 0.416 e. The fourth-order valence-electron chi connectivity index (χ4n) is 3.81. The highest BCUT2D eigenvalue weighted by Crippen LogP contribution is 2.30. The van der Waals surface area contributed by atoms with Gasteiger partial charge in [0.25, 0.3) is 0 Å². The largest absolute Gasteiger partial charge is 0.416 e. The van der Waals surface area contributed by atoms with Gasteiger partial charge in [-0.1, -0.05) is 18.2 Å². The molecule has 3 aromatic heterocycles. The molecule has 0 saturated heterocycles. The number of benzene rings is 1. The zero-order valence-corrected chi connectivity index (χ0v) is 18.9. The second-order valence-electron chi connectivity index (χ2n) is 8.21. The van der Waals surface area contributed by atoms with Gasteiger partial charge in [-0.25, -0.2) is 4.39 Å². The summed E-state index contributed by atoms with van der Waals surface area (Å²) < 4.78 is 54.7. The molecule has 186 valence electrons. The molecule has 1 amide bonds. The Hall–Kier alpha value is -4.12. The highest BCUT2D eigenvalue weighted by Gasteiger charge is 2.30. The van der Waals surface area contributed by atoms with Crippen LogP contribution in [0.15, 0.2) is 61.3 Å². The van der Waals surface area contributed by atoms with Crippen LogP contribution in [-0.2, 0) is 17.4 Å². The minimum Gasteiger partial charge on any atom is -0.394 e. The number of anilines is 1. The molecule has 4 aromatic rings. The predicted molar refractivity (Wildman–Crippen MR) is 123 cm³/mol. The summed E-state index contributed by atoms with van der Waals surface area (Å²) in [4.78, 5) is 33.5. The molecule has 7 nitrogen and oxygen atoms in total. The number of carbonyl (C=O) groups is 2. The molecule has 4 rings (SSSR count). The van der Waals surface area contributed by atoms with Crippen molar-refractivity contribution in [2.75, 3.05) is 11.9 Å². The van der Waals surface area contributed by atoms with E-state index in [2.05, 4.69) is 15.3 Å². The number of rotatable bonds is 7. The number of fused-ring (bicyclic) bond motifs is 1. The third-order valence-electron chi connectivity index (χ3n) is 5.58. The predicted octanol–water partition coefficient (Wildman–Crippen LogP) is 4.55. The van der Waals surface area contributed by atoms with Crippen molar-refractivity contribution in [2.24, 2.45) is 0 Å². The SMILES string of the molecule is CC(CO)n1cc(C(=O)c2cncc(NC(=O)Cc3cccc(C(F)(F)F)c3)c2)c2cncc(F)c21. The Morgan fingerprint density at radius 2 is 1.86 bits per heavy atom. The van der Waals surface area contributed by atoms with E-state index >= 15 is 0 Å². The van der Waals surface area contributed by atoms with E-state index < -0.39 is 35.3 Å². The van der Waals surface area contributed by atoms with Crippen LogP contribution in [0.2, 0.25) is 0 Å². The Kier molecular flexibility index (Phi) is 6.84. The molecule has 3 heterocycles. The second-order valence-corrected chi connectivity index (χ2v) is 8.21. The average molecular weight is 500 g/mol. The number of hydrogen-bond acceptors (Lipinski definition) is 5. The highest BCUT2D eigenvalue weighted by molar-refractivity contribution is 6.16. The summed E-state index contributed by atoms with van der Waals surface area (Å²) >= 11 is 0. The zero-order valence-electron chi connectivity index (χ0n) is 18.9. The average Bonchev–Trinajstić information content (AvgIpc) is 3.24. The maximum atomic E-state index is 14.5. The van der Waals surface area contributed by atoms with Gasteiger partial charge in [0.05, 0.1) is 48.2 Å². The van der Waals surface area contributed by atoms with Gasteiger partial charge < -0.3 is 15.0 Å². The molecule has 0 aliphatic heterocycles. The van der Waals surface area contributed by atoms with Gasteiger partial charge in [0.15, 0.2) is 11.6 Å². The quantitative estimate of drug-likeness (QED) is 0.287. The molecule has 1 unspecified atom stereocenters. The molecule has 0 saturated carbocycles. The van der Waals surface area contributed by atoms with Crippen molar-refractivity contribution in [3.8, 4) is 0 Å². The lowest BCUT2D eigenvalue weighted by molar-refractivity contribution is -0.137. The molecule has 2 N–H and O–H groups in total. The van der Waals surface area contributed by atoms with Gasteiger partial charge in [-0.2, -0.15) is 13.2 Å². The molecule has 0 radical (unpaired) electrons. The molecule has 0 fully saturated rings. The highest BCUT2D eigenvalue weighted by atomic mass is 19.4.